The standard InChI is InChI=1S/C19H18Cl2N4O2/c1-10-11(2)24-18(25-19(10)27)12-3-6-17(22-8-12)23-9-16(26)14-5-4-13(20)7-15(14)21/h3-8,16,26H,9H2,1-2H3,(H,22,23)(H,24,25,27). The fourth-order valence-corrected chi connectivity index (χ4v) is 3.04. The summed E-state index contributed by atoms with van der Waals surface area (Å²) in [6, 6.07) is 8.50. The lowest BCUT2D eigenvalue weighted by Crippen LogP contribution is -2.15. The highest BCUT2D eigenvalue weighted by Gasteiger charge is 2.12. The van der Waals surface area contributed by atoms with Gasteiger partial charge in [-0.1, -0.05) is 29.3 Å². The lowest BCUT2D eigenvalue weighted by atomic mass is 10.1. The third kappa shape index (κ3) is 4.47. The van der Waals surface area contributed by atoms with E-state index in [2.05, 4.69) is 20.3 Å². The van der Waals surface area contributed by atoms with Gasteiger partial charge in [0.15, 0.2) is 0 Å². The van der Waals surface area contributed by atoms with Gasteiger partial charge >= 0.3 is 0 Å². The molecule has 27 heavy (non-hydrogen) atoms. The molecule has 2 aromatic heterocycles. The van der Waals surface area contributed by atoms with E-state index < -0.39 is 6.10 Å². The van der Waals surface area contributed by atoms with Crippen molar-refractivity contribution in [1.82, 2.24) is 15.0 Å². The lowest BCUT2D eigenvalue weighted by Gasteiger charge is -2.14. The summed E-state index contributed by atoms with van der Waals surface area (Å²) in [5, 5.41) is 14.3. The Hall–Kier alpha value is -2.41. The van der Waals surface area contributed by atoms with Crippen LogP contribution < -0.4 is 10.9 Å². The minimum absolute atomic E-state index is 0.164. The van der Waals surface area contributed by atoms with Crippen molar-refractivity contribution in [2.45, 2.75) is 20.0 Å². The van der Waals surface area contributed by atoms with E-state index in [0.717, 1.165) is 0 Å². The molecule has 8 heteroatoms. The molecule has 140 valence electrons. The first-order chi connectivity index (χ1) is 12.8. The summed E-state index contributed by atoms with van der Waals surface area (Å²) in [4.78, 5) is 23.3. The zero-order valence-electron chi connectivity index (χ0n) is 14.8. The predicted octanol–water partition coefficient (Wildman–Crippen LogP) is 3.90. The number of pyridine rings is 1. The number of rotatable bonds is 5. The molecule has 1 atom stereocenters. The van der Waals surface area contributed by atoms with E-state index in [9.17, 15) is 9.90 Å². The Bertz CT molecular complexity index is 1020. The Morgan fingerprint density at radius 1 is 1.22 bits per heavy atom. The monoisotopic (exact) mass is 404 g/mol. The predicted molar refractivity (Wildman–Crippen MR) is 107 cm³/mol. The molecule has 0 aliphatic heterocycles. The minimum atomic E-state index is -0.811. The highest BCUT2D eigenvalue weighted by molar-refractivity contribution is 6.35. The van der Waals surface area contributed by atoms with Gasteiger partial charge in [-0.3, -0.25) is 4.79 Å². The normalized spacial score (nSPS) is 12.0. The lowest BCUT2D eigenvalue weighted by molar-refractivity contribution is 0.191. The number of aliphatic hydroxyl groups excluding tert-OH is 1. The quantitative estimate of drug-likeness (QED) is 0.599. The molecule has 6 nitrogen and oxygen atoms in total. The summed E-state index contributed by atoms with van der Waals surface area (Å²) in [7, 11) is 0. The van der Waals surface area contributed by atoms with Crippen molar-refractivity contribution in [1.29, 1.82) is 0 Å². The fraction of sp³-hybridized carbons (Fsp3) is 0.211. The average molecular weight is 405 g/mol. The molecular formula is C19H18Cl2N4O2. The van der Waals surface area contributed by atoms with E-state index in [1.165, 1.54) is 0 Å². The van der Waals surface area contributed by atoms with Crippen molar-refractivity contribution >= 4 is 29.0 Å². The second-order valence-electron chi connectivity index (χ2n) is 6.12. The molecule has 0 saturated heterocycles. The molecule has 1 aromatic carbocycles. The molecule has 0 saturated carbocycles. The average Bonchev–Trinajstić information content (AvgIpc) is 2.64. The van der Waals surface area contributed by atoms with E-state index in [1.807, 2.05) is 0 Å². The van der Waals surface area contributed by atoms with Crippen LogP contribution in [0.4, 0.5) is 5.82 Å². The van der Waals surface area contributed by atoms with Gasteiger partial charge in [0, 0.05) is 45.2 Å². The van der Waals surface area contributed by atoms with E-state index in [-0.39, 0.29) is 12.1 Å². The Labute approximate surface area is 166 Å². The van der Waals surface area contributed by atoms with Gasteiger partial charge in [0.2, 0.25) is 0 Å². The Morgan fingerprint density at radius 3 is 2.63 bits per heavy atom. The van der Waals surface area contributed by atoms with Gasteiger partial charge in [0.1, 0.15) is 11.6 Å². The maximum Gasteiger partial charge on any atom is 0.254 e. The van der Waals surface area contributed by atoms with Gasteiger partial charge in [0.05, 0.1) is 6.10 Å². The molecule has 0 radical (unpaired) electrons. The number of benzene rings is 1. The Balaban J connectivity index is 1.70. The SMILES string of the molecule is Cc1nc(-c2ccc(NCC(O)c3ccc(Cl)cc3Cl)nc2)[nH]c(=O)c1C. The summed E-state index contributed by atoms with van der Waals surface area (Å²) in [6.45, 7) is 3.75. The molecule has 3 aromatic rings. The number of H-pyrrole nitrogens is 1. The molecule has 2 heterocycles. The van der Waals surface area contributed by atoms with Crippen molar-refractivity contribution in [3.63, 3.8) is 0 Å². The summed E-state index contributed by atoms with van der Waals surface area (Å²) >= 11 is 12.0. The summed E-state index contributed by atoms with van der Waals surface area (Å²) < 4.78 is 0. The van der Waals surface area contributed by atoms with Crippen LogP contribution >= 0.6 is 23.2 Å². The van der Waals surface area contributed by atoms with Gasteiger partial charge in [-0.2, -0.15) is 0 Å². The van der Waals surface area contributed by atoms with Gasteiger partial charge in [-0.15, -0.1) is 0 Å². The van der Waals surface area contributed by atoms with E-state index in [1.54, 1.807) is 50.4 Å². The maximum atomic E-state index is 11.9. The van der Waals surface area contributed by atoms with E-state index in [4.69, 9.17) is 23.2 Å². The zero-order valence-corrected chi connectivity index (χ0v) is 16.3. The van der Waals surface area contributed by atoms with Crippen LogP contribution in [-0.4, -0.2) is 26.6 Å². The number of aromatic nitrogens is 3. The van der Waals surface area contributed by atoms with Gasteiger partial charge in [-0.05, 0) is 38.1 Å². The van der Waals surface area contributed by atoms with Crippen molar-refractivity contribution in [2.24, 2.45) is 0 Å². The molecule has 3 N–H and O–H groups in total. The van der Waals surface area contributed by atoms with Crippen LogP contribution in [0.15, 0.2) is 41.3 Å². The Morgan fingerprint density at radius 2 is 2.00 bits per heavy atom. The van der Waals surface area contributed by atoms with Crippen molar-refractivity contribution in [3.8, 4) is 11.4 Å². The highest BCUT2D eigenvalue weighted by Crippen LogP contribution is 2.26. The molecule has 3 rings (SSSR count). The first kappa shape index (κ1) is 19.4. The molecule has 0 bridgehead atoms. The van der Waals surface area contributed by atoms with E-state index in [0.29, 0.717) is 44.1 Å². The number of hydrogen-bond acceptors (Lipinski definition) is 5. The highest BCUT2D eigenvalue weighted by atomic mass is 35.5. The van der Waals surface area contributed by atoms with Crippen LogP contribution in [0, 0.1) is 13.8 Å². The third-order valence-corrected chi connectivity index (χ3v) is 4.79. The van der Waals surface area contributed by atoms with Crippen molar-refractivity contribution in [3.05, 3.63) is 73.7 Å². The third-order valence-electron chi connectivity index (χ3n) is 4.23. The molecule has 0 aliphatic rings. The smallest absolute Gasteiger partial charge is 0.254 e. The molecule has 0 aliphatic carbocycles. The number of anilines is 1. The summed E-state index contributed by atoms with van der Waals surface area (Å²) in [6.07, 6.45) is 0.797. The Kier molecular flexibility index (Phi) is 5.79. The van der Waals surface area contributed by atoms with Crippen LogP contribution in [0.25, 0.3) is 11.4 Å². The number of aryl methyl sites for hydroxylation is 1. The fourth-order valence-electron chi connectivity index (χ4n) is 2.50. The van der Waals surface area contributed by atoms with Crippen LogP contribution in [0.1, 0.15) is 22.9 Å². The summed E-state index contributed by atoms with van der Waals surface area (Å²) in [5.74, 6) is 1.05. The topological polar surface area (TPSA) is 90.9 Å². The van der Waals surface area contributed by atoms with Crippen LogP contribution in [0.3, 0.4) is 0 Å². The number of aromatic amines is 1. The molecule has 0 amide bonds. The largest absolute Gasteiger partial charge is 0.387 e. The van der Waals surface area contributed by atoms with Crippen LogP contribution in [0.2, 0.25) is 10.0 Å². The second-order valence-corrected chi connectivity index (χ2v) is 6.96. The first-order valence-corrected chi connectivity index (χ1v) is 9.01. The van der Waals surface area contributed by atoms with Gasteiger partial charge in [-0.25, -0.2) is 9.97 Å². The maximum absolute atomic E-state index is 11.9. The van der Waals surface area contributed by atoms with Crippen molar-refractivity contribution in [2.75, 3.05) is 11.9 Å². The molecular weight excluding hydrogens is 387 g/mol. The van der Waals surface area contributed by atoms with Crippen molar-refractivity contribution < 1.29 is 5.11 Å². The molecule has 0 fully saturated rings. The molecule has 0 spiro atoms. The number of halogens is 2. The number of aliphatic hydroxyl groups is 1. The molecule has 1 unspecified atom stereocenters. The van der Waals surface area contributed by atoms with Gasteiger partial charge in [0.25, 0.3) is 5.56 Å². The second kappa shape index (κ2) is 8.08. The number of nitrogens with zero attached hydrogens (tertiary/aromatic N) is 2. The van der Waals surface area contributed by atoms with Crippen LogP contribution in [-0.2, 0) is 0 Å². The zero-order chi connectivity index (χ0) is 19.6. The van der Waals surface area contributed by atoms with Gasteiger partial charge < -0.3 is 15.4 Å². The minimum Gasteiger partial charge on any atom is -0.387 e. The van der Waals surface area contributed by atoms with Crippen LogP contribution in [0.5, 0.6) is 0 Å². The number of hydrogen-bond donors (Lipinski definition) is 3. The summed E-state index contributed by atoms with van der Waals surface area (Å²) in [5.41, 5.74) is 2.39. The first-order valence-electron chi connectivity index (χ1n) is 8.26. The van der Waals surface area contributed by atoms with E-state index >= 15 is 0 Å². The number of nitrogens with one attached hydrogen (secondary N) is 2.